The van der Waals surface area contributed by atoms with Crippen LogP contribution in [0.25, 0.3) is 0 Å². The van der Waals surface area contributed by atoms with Crippen LogP contribution in [-0.2, 0) is 6.42 Å². The molecule has 0 spiro atoms. The molecule has 108 valence electrons. The Balaban J connectivity index is 2.03. The first-order chi connectivity index (χ1) is 9.97. The number of nitrogens with two attached hydrogens (primary N) is 1. The molecule has 5 heteroatoms. The molecule has 3 rings (SSSR count). The quantitative estimate of drug-likeness (QED) is 0.819. The van der Waals surface area contributed by atoms with Gasteiger partial charge in [-0.05, 0) is 49.2 Å². The molecule has 1 amide bonds. The fourth-order valence-corrected chi connectivity index (χ4v) is 2.75. The van der Waals surface area contributed by atoms with Crippen LogP contribution in [0.4, 0.5) is 20.2 Å². The van der Waals surface area contributed by atoms with Crippen molar-refractivity contribution in [1.82, 2.24) is 0 Å². The van der Waals surface area contributed by atoms with Crippen LogP contribution in [0.2, 0.25) is 0 Å². The van der Waals surface area contributed by atoms with E-state index in [2.05, 4.69) is 0 Å². The topological polar surface area (TPSA) is 46.3 Å². The van der Waals surface area contributed by atoms with E-state index in [4.69, 9.17) is 5.73 Å². The van der Waals surface area contributed by atoms with Crippen LogP contribution in [0, 0.1) is 11.6 Å². The van der Waals surface area contributed by atoms with Gasteiger partial charge in [0.15, 0.2) is 0 Å². The van der Waals surface area contributed by atoms with E-state index in [1.807, 2.05) is 13.0 Å². The lowest BCUT2D eigenvalue weighted by Crippen LogP contribution is -2.36. The highest BCUT2D eigenvalue weighted by Gasteiger charge is 2.32. The molecule has 2 aromatic rings. The van der Waals surface area contributed by atoms with Crippen LogP contribution >= 0.6 is 0 Å². The van der Waals surface area contributed by atoms with Gasteiger partial charge < -0.3 is 10.6 Å². The molecule has 0 saturated heterocycles. The molecule has 21 heavy (non-hydrogen) atoms. The van der Waals surface area contributed by atoms with Gasteiger partial charge in [-0.25, -0.2) is 8.78 Å². The molecular weight excluding hydrogens is 274 g/mol. The molecule has 0 bridgehead atoms. The van der Waals surface area contributed by atoms with Gasteiger partial charge >= 0.3 is 0 Å². The van der Waals surface area contributed by atoms with Gasteiger partial charge in [0.25, 0.3) is 5.91 Å². The van der Waals surface area contributed by atoms with Crippen molar-refractivity contribution in [3.63, 3.8) is 0 Å². The number of halogens is 2. The van der Waals surface area contributed by atoms with Crippen LogP contribution in [0.1, 0.15) is 22.8 Å². The van der Waals surface area contributed by atoms with E-state index < -0.39 is 17.5 Å². The number of rotatable bonds is 1. The molecule has 0 aliphatic carbocycles. The van der Waals surface area contributed by atoms with Crippen molar-refractivity contribution in [1.29, 1.82) is 0 Å². The number of carbonyl (C=O) groups excluding carboxylic acids is 1. The van der Waals surface area contributed by atoms with Crippen molar-refractivity contribution in [2.45, 2.75) is 19.4 Å². The van der Waals surface area contributed by atoms with Crippen LogP contribution < -0.4 is 10.6 Å². The molecule has 0 saturated carbocycles. The Bertz CT molecular complexity index is 730. The Morgan fingerprint density at radius 1 is 1.24 bits per heavy atom. The summed E-state index contributed by atoms with van der Waals surface area (Å²) in [5.74, 6) is -2.02. The Labute approximate surface area is 121 Å². The van der Waals surface area contributed by atoms with Crippen molar-refractivity contribution in [3.8, 4) is 0 Å². The first-order valence-corrected chi connectivity index (χ1v) is 6.64. The summed E-state index contributed by atoms with van der Waals surface area (Å²) in [5.41, 5.74) is 7.93. The molecule has 1 aliphatic rings. The molecule has 3 nitrogen and oxygen atoms in total. The number of amides is 1. The Morgan fingerprint density at radius 2 is 2.00 bits per heavy atom. The summed E-state index contributed by atoms with van der Waals surface area (Å²) >= 11 is 0. The number of nitrogen functional groups attached to an aromatic ring is 1. The lowest BCUT2D eigenvalue weighted by Gasteiger charge is -2.23. The van der Waals surface area contributed by atoms with Gasteiger partial charge in [0.05, 0.1) is 5.56 Å². The summed E-state index contributed by atoms with van der Waals surface area (Å²) in [4.78, 5) is 14.1. The van der Waals surface area contributed by atoms with Gasteiger partial charge in [-0.1, -0.05) is 0 Å². The molecule has 1 atom stereocenters. The van der Waals surface area contributed by atoms with Gasteiger partial charge in [-0.15, -0.1) is 0 Å². The third kappa shape index (κ3) is 2.24. The second-order valence-corrected chi connectivity index (χ2v) is 5.24. The highest BCUT2D eigenvalue weighted by atomic mass is 19.1. The van der Waals surface area contributed by atoms with Gasteiger partial charge in [-0.2, -0.15) is 0 Å². The maximum absolute atomic E-state index is 13.8. The molecule has 1 aliphatic heterocycles. The molecule has 1 heterocycles. The van der Waals surface area contributed by atoms with Crippen LogP contribution in [0.15, 0.2) is 36.4 Å². The Kier molecular flexibility index (Phi) is 3.12. The molecule has 0 aromatic heterocycles. The number of carbonyl (C=O) groups is 1. The molecule has 2 aromatic carbocycles. The zero-order valence-corrected chi connectivity index (χ0v) is 11.4. The maximum atomic E-state index is 13.8. The first kappa shape index (κ1) is 13.5. The van der Waals surface area contributed by atoms with Crippen molar-refractivity contribution in [3.05, 3.63) is 59.2 Å². The number of anilines is 2. The molecule has 1 unspecified atom stereocenters. The average Bonchev–Trinajstić information content (AvgIpc) is 2.73. The molecule has 2 N–H and O–H groups in total. The standard InChI is InChI=1S/C16H14F2N2O/c1-9-6-10-7-12(19)3-5-15(10)20(9)16(21)13-4-2-11(17)8-14(13)18/h2-5,7-9H,6,19H2,1H3. The van der Waals surface area contributed by atoms with Crippen molar-refractivity contribution in [2.24, 2.45) is 0 Å². The van der Waals surface area contributed by atoms with Crippen molar-refractivity contribution >= 4 is 17.3 Å². The fraction of sp³-hybridized carbons (Fsp3) is 0.188. The predicted octanol–water partition coefficient (Wildman–Crippen LogP) is 3.14. The number of benzene rings is 2. The summed E-state index contributed by atoms with van der Waals surface area (Å²) in [5, 5.41) is 0. The predicted molar refractivity (Wildman–Crippen MR) is 77.2 cm³/mol. The van der Waals surface area contributed by atoms with Crippen LogP contribution in [-0.4, -0.2) is 11.9 Å². The Morgan fingerprint density at radius 3 is 2.71 bits per heavy atom. The number of hydrogen-bond acceptors (Lipinski definition) is 2. The second kappa shape index (κ2) is 4.84. The smallest absolute Gasteiger partial charge is 0.261 e. The SMILES string of the molecule is CC1Cc2cc(N)ccc2N1C(=O)c1ccc(F)cc1F. The Hall–Kier alpha value is -2.43. The summed E-state index contributed by atoms with van der Waals surface area (Å²) in [6, 6.07) is 8.17. The minimum absolute atomic E-state index is 0.0984. The minimum Gasteiger partial charge on any atom is -0.399 e. The fourth-order valence-electron chi connectivity index (χ4n) is 2.75. The van der Waals surface area contributed by atoms with Gasteiger partial charge in [0.1, 0.15) is 11.6 Å². The zero-order valence-electron chi connectivity index (χ0n) is 11.4. The summed E-state index contributed by atoms with van der Waals surface area (Å²) in [6.07, 6.45) is 0.662. The molecule has 0 radical (unpaired) electrons. The average molecular weight is 288 g/mol. The van der Waals surface area contributed by atoms with E-state index in [0.717, 1.165) is 23.4 Å². The van der Waals surface area contributed by atoms with Crippen LogP contribution in [0.3, 0.4) is 0 Å². The first-order valence-electron chi connectivity index (χ1n) is 6.64. The van der Waals surface area contributed by atoms with E-state index >= 15 is 0 Å². The molecule has 0 fully saturated rings. The van der Waals surface area contributed by atoms with Crippen LogP contribution in [0.5, 0.6) is 0 Å². The second-order valence-electron chi connectivity index (χ2n) is 5.24. The van der Waals surface area contributed by atoms with E-state index in [1.54, 1.807) is 12.1 Å². The van der Waals surface area contributed by atoms with Gasteiger partial charge in [0.2, 0.25) is 0 Å². The monoisotopic (exact) mass is 288 g/mol. The van der Waals surface area contributed by atoms with Crippen molar-refractivity contribution < 1.29 is 13.6 Å². The summed E-state index contributed by atoms with van der Waals surface area (Å²) in [7, 11) is 0. The number of nitrogens with zero attached hydrogens (tertiary/aromatic N) is 1. The third-order valence-corrected chi connectivity index (χ3v) is 3.70. The highest BCUT2D eigenvalue weighted by Crippen LogP contribution is 2.34. The van der Waals surface area contributed by atoms with E-state index in [0.29, 0.717) is 12.1 Å². The van der Waals surface area contributed by atoms with E-state index in [1.165, 1.54) is 11.0 Å². The van der Waals surface area contributed by atoms with Crippen molar-refractivity contribution in [2.75, 3.05) is 10.6 Å². The highest BCUT2D eigenvalue weighted by molar-refractivity contribution is 6.08. The maximum Gasteiger partial charge on any atom is 0.261 e. The van der Waals surface area contributed by atoms with E-state index in [9.17, 15) is 13.6 Å². The van der Waals surface area contributed by atoms with Gasteiger partial charge in [0, 0.05) is 23.5 Å². The minimum atomic E-state index is -0.851. The van der Waals surface area contributed by atoms with Gasteiger partial charge in [-0.3, -0.25) is 4.79 Å². The third-order valence-electron chi connectivity index (χ3n) is 3.70. The summed E-state index contributed by atoms with van der Waals surface area (Å²) < 4.78 is 26.8. The number of hydrogen-bond donors (Lipinski definition) is 1. The summed E-state index contributed by atoms with van der Waals surface area (Å²) in [6.45, 7) is 1.88. The molecular formula is C16H14F2N2O. The van der Waals surface area contributed by atoms with E-state index in [-0.39, 0.29) is 11.6 Å². The lowest BCUT2D eigenvalue weighted by atomic mass is 10.1. The normalized spacial score (nSPS) is 16.9. The zero-order chi connectivity index (χ0) is 15.1. The largest absolute Gasteiger partial charge is 0.399 e. The number of fused-ring (bicyclic) bond motifs is 1. The lowest BCUT2D eigenvalue weighted by molar-refractivity contribution is 0.0977.